The molecule has 1 aliphatic carbocycles. The lowest BCUT2D eigenvalue weighted by molar-refractivity contribution is -0.133. The third kappa shape index (κ3) is 6.03. The fourth-order valence-electron chi connectivity index (χ4n) is 4.22. The number of piperidine rings is 1. The van der Waals surface area contributed by atoms with Gasteiger partial charge < -0.3 is 10.2 Å². The zero-order chi connectivity index (χ0) is 19.1. The molecule has 2 aliphatic rings. The minimum Gasteiger partial charge on any atom is -0.356 e. The maximum absolute atomic E-state index is 12.6. The lowest BCUT2D eigenvalue weighted by Gasteiger charge is -2.32. The SMILES string of the molecule is CCC(=O)NCCc1csc(C2CCN(C(=O)CC3CCCCC3)CC2)n1. The van der Waals surface area contributed by atoms with Gasteiger partial charge in [0.1, 0.15) is 0 Å². The first-order valence-corrected chi connectivity index (χ1v) is 11.5. The van der Waals surface area contributed by atoms with Crippen LogP contribution >= 0.6 is 11.3 Å². The minimum absolute atomic E-state index is 0.0933. The Hall–Kier alpha value is -1.43. The molecule has 1 saturated heterocycles. The van der Waals surface area contributed by atoms with Crippen molar-refractivity contribution in [2.45, 2.75) is 77.0 Å². The second-order valence-electron chi connectivity index (χ2n) is 7.99. The molecule has 5 nitrogen and oxygen atoms in total. The fourth-order valence-corrected chi connectivity index (χ4v) is 5.25. The molecule has 0 aromatic carbocycles. The van der Waals surface area contributed by atoms with Gasteiger partial charge in [-0.15, -0.1) is 11.3 Å². The summed E-state index contributed by atoms with van der Waals surface area (Å²) in [5.74, 6) is 1.56. The zero-order valence-corrected chi connectivity index (χ0v) is 17.4. The van der Waals surface area contributed by atoms with E-state index in [0.29, 0.717) is 30.7 Å². The molecule has 3 rings (SSSR count). The number of likely N-dealkylation sites (tertiary alicyclic amines) is 1. The van der Waals surface area contributed by atoms with E-state index < -0.39 is 0 Å². The summed E-state index contributed by atoms with van der Waals surface area (Å²) in [6, 6.07) is 0. The van der Waals surface area contributed by atoms with Gasteiger partial charge in [0.2, 0.25) is 11.8 Å². The molecule has 1 saturated carbocycles. The summed E-state index contributed by atoms with van der Waals surface area (Å²) in [5.41, 5.74) is 1.07. The van der Waals surface area contributed by atoms with E-state index in [1.54, 1.807) is 11.3 Å². The maximum Gasteiger partial charge on any atom is 0.222 e. The van der Waals surface area contributed by atoms with Crippen molar-refractivity contribution in [1.82, 2.24) is 15.2 Å². The van der Waals surface area contributed by atoms with Crippen molar-refractivity contribution in [1.29, 1.82) is 0 Å². The Morgan fingerprint density at radius 3 is 2.63 bits per heavy atom. The zero-order valence-electron chi connectivity index (χ0n) is 16.5. The van der Waals surface area contributed by atoms with E-state index in [-0.39, 0.29) is 5.91 Å². The molecule has 0 atom stereocenters. The number of nitrogens with zero attached hydrogens (tertiary/aromatic N) is 2. The summed E-state index contributed by atoms with van der Waals surface area (Å²) in [5, 5.41) is 6.22. The summed E-state index contributed by atoms with van der Waals surface area (Å²) >= 11 is 1.73. The first-order chi connectivity index (χ1) is 13.2. The lowest BCUT2D eigenvalue weighted by atomic mass is 9.86. The summed E-state index contributed by atoms with van der Waals surface area (Å²) in [4.78, 5) is 30.8. The highest BCUT2D eigenvalue weighted by molar-refractivity contribution is 7.09. The molecular formula is C21H33N3O2S. The number of rotatable bonds is 7. The van der Waals surface area contributed by atoms with Crippen LogP contribution in [0.2, 0.25) is 0 Å². The van der Waals surface area contributed by atoms with Crippen molar-refractivity contribution in [3.05, 3.63) is 16.1 Å². The smallest absolute Gasteiger partial charge is 0.222 e. The Morgan fingerprint density at radius 2 is 1.93 bits per heavy atom. The van der Waals surface area contributed by atoms with Crippen LogP contribution in [0.5, 0.6) is 0 Å². The highest BCUT2D eigenvalue weighted by Gasteiger charge is 2.27. The lowest BCUT2D eigenvalue weighted by Crippen LogP contribution is -2.38. The Labute approximate surface area is 166 Å². The highest BCUT2D eigenvalue weighted by atomic mass is 32.1. The Balaban J connectivity index is 1.41. The normalized spacial score (nSPS) is 19.2. The van der Waals surface area contributed by atoms with E-state index in [9.17, 15) is 9.59 Å². The van der Waals surface area contributed by atoms with Crippen LogP contribution in [0.3, 0.4) is 0 Å². The third-order valence-corrected chi connectivity index (χ3v) is 7.03. The highest BCUT2D eigenvalue weighted by Crippen LogP contribution is 2.32. The monoisotopic (exact) mass is 391 g/mol. The van der Waals surface area contributed by atoms with Gasteiger partial charge in [-0.2, -0.15) is 0 Å². The molecule has 2 heterocycles. The number of thiazole rings is 1. The van der Waals surface area contributed by atoms with E-state index in [4.69, 9.17) is 4.98 Å². The van der Waals surface area contributed by atoms with Gasteiger partial charge in [-0.3, -0.25) is 9.59 Å². The van der Waals surface area contributed by atoms with Gasteiger partial charge in [0, 0.05) is 50.2 Å². The number of aromatic nitrogens is 1. The van der Waals surface area contributed by atoms with E-state index in [0.717, 1.165) is 44.5 Å². The predicted molar refractivity (Wildman–Crippen MR) is 109 cm³/mol. The van der Waals surface area contributed by atoms with Crippen LogP contribution < -0.4 is 5.32 Å². The number of amides is 2. The maximum atomic E-state index is 12.6. The van der Waals surface area contributed by atoms with E-state index in [1.807, 2.05) is 6.92 Å². The quantitative estimate of drug-likeness (QED) is 0.767. The van der Waals surface area contributed by atoms with E-state index in [2.05, 4.69) is 15.6 Å². The molecule has 2 fully saturated rings. The van der Waals surface area contributed by atoms with Gasteiger partial charge in [-0.1, -0.05) is 26.2 Å². The standard InChI is InChI=1S/C21H33N3O2S/c1-2-19(25)22-11-8-18-15-27-21(23-18)17-9-12-24(13-10-17)20(26)14-16-6-4-3-5-7-16/h15-17H,2-14H2,1H3,(H,22,25). The molecule has 1 aromatic rings. The van der Waals surface area contributed by atoms with Gasteiger partial charge in [-0.05, 0) is 31.6 Å². The largest absolute Gasteiger partial charge is 0.356 e. The minimum atomic E-state index is 0.0933. The van der Waals surface area contributed by atoms with E-state index >= 15 is 0 Å². The molecule has 1 aromatic heterocycles. The van der Waals surface area contributed by atoms with Crippen molar-refractivity contribution in [3.63, 3.8) is 0 Å². The second kappa shape index (κ2) is 10.2. The fraction of sp³-hybridized carbons (Fsp3) is 0.762. The molecule has 1 aliphatic heterocycles. The molecule has 0 bridgehead atoms. The first-order valence-electron chi connectivity index (χ1n) is 10.6. The van der Waals surface area contributed by atoms with Crippen LogP contribution in [0.15, 0.2) is 5.38 Å². The molecule has 0 radical (unpaired) electrons. The molecule has 27 heavy (non-hydrogen) atoms. The molecule has 0 unspecified atom stereocenters. The summed E-state index contributed by atoms with van der Waals surface area (Å²) in [7, 11) is 0. The molecule has 0 spiro atoms. The average molecular weight is 392 g/mol. The van der Waals surface area contributed by atoms with Crippen molar-refractivity contribution in [2.24, 2.45) is 5.92 Å². The van der Waals surface area contributed by atoms with Gasteiger partial charge in [0.25, 0.3) is 0 Å². The van der Waals surface area contributed by atoms with Crippen LogP contribution in [-0.4, -0.2) is 41.3 Å². The summed E-state index contributed by atoms with van der Waals surface area (Å²) < 4.78 is 0. The van der Waals surface area contributed by atoms with Crippen molar-refractivity contribution >= 4 is 23.2 Å². The molecule has 150 valence electrons. The number of nitrogens with one attached hydrogen (secondary N) is 1. The van der Waals surface area contributed by atoms with Crippen LogP contribution in [0.1, 0.15) is 81.3 Å². The Morgan fingerprint density at radius 1 is 1.19 bits per heavy atom. The van der Waals surface area contributed by atoms with Crippen LogP contribution in [0, 0.1) is 5.92 Å². The van der Waals surface area contributed by atoms with E-state index in [1.165, 1.54) is 37.1 Å². The topological polar surface area (TPSA) is 62.3 Å². The molecular weight excluding hydrogens is 358 g/mol. The third-order valence-electron chi connectivity index (χ3n) is 5.98. The molecule has 2 amide bonds. The number of carbonyl (C=O) groups excluding carboxylic acids is 2. The number of carbonyl (C=O) groups is 2. The van der Waals surface area contributed by atoms with Gasteiger partial charge in [0.15, 0.2) is 0 Å². The van der Waals surface area contributed by atoms with Crippen molar-refractivity contribution in [3.8, 4) is 0 Å². The number of hydrogen-bond donors (Lipinski definition) is 1. The first kappa shape index (κ1) is 20.3. The summed E-state index contributed by atoms with van der Waals surface area (Å²) in [6.07, 6.45) is 10.5. The Bertz CT molecular complexity index is 617. The predicted octanol–water partition coefficient (Wildman–Crippen LogP) is 3.89. The molecule has 6 heteroatoms. The van der Waals surface area contributed by atoms with Gasteiger partial charge in [0.05, 0.1) is 10.7 Å². The van der Waals surface area contributed by atoms with Crippen LogP contribution in [0.25, 0.3) is 0 Å². The summed E-state index contributed by atoms with van der Waals surface area (Å²) in [6.45, 7) is 4.27. The molecule has 1 N–H and O–H groups in total. The Kier molecular flexibility index (Phi) is 7.68. The van der Waals surface area contributed by atoms with Crippen molar-refractivity contribution in [2.75, 3.05) is 19.6 Å². The van der Waals surface area contributed by atoms with Crippen LogP contribution in [-0.2, 0) is 16.0 Å². The van der Waals surface area contributed by atoms with Gasteiger partial charge >= 0.3 is 0 Å². The van der Waals surface area contributed by atoms with Crippen molar-refractivity contribution < 1.29 is 9.59 Å². The average Bonchev–Trinajstić information content (AvgIpc) is 3.17. The second-order valence-corrected chi connectivity index (χ2v) is 8.88. The number of hydrogen-bond acceptors (Lipinski definition) is 4. The van der Waals surface area contributed by atoms with Gasteiger partial charge in [-0.25, -0.2) is 4.98 Å². The van der Waals surface area contributed by atoms with Crippen LogP contribution in [0.4, 0.5) is 0 Å².